The van der Waals surface area contributed by atoms with Crippen molar-refractivity contribution in [3.05, 3.63) is 70.2 Å². The number of benzene rings is 2. The molecule has 1 amide bonds. The smallest absolute Gasteiger partial charge is 0.331 e. The number of ether oxygens (including phenoxy) is 1. The fraction of sp³-hybridized carbons (Fsp3) is 0.111. The van der Waals surface area contributed by atoms with Crippen molar-refractivity contribution in [2.24, 2.45) is 0 Å². The molecule has 0 unspecified atom stereocenters. The fourth-order valence-corrected chi connectivity index (χ4v) is 2.28. The molecule has 25 heavy (non-hydrogen) atoms. The van der Waals surface area contributed by atoms with Crippen molar-refractivity contribution in [3.8, 4) is 0 Å². The number of hydrogen-bond donors (Lipinski definition) is 1. The molecule has 0 fully saturated rings. The number of carbonyl (C=O) groups excluding carboxylic acids is 2. The number of rotatable bonds is 5. The van der Waals surface area contributed by atoms with Crippen LogP contribution in [0.4, 0.5) is 14.5 Å². The van der Waals surface area contributed by atoms with E-state index < -0.39 is 29.6 Å². The zero-order chi connectivity index (χ0) is 18.4. The lowest BCUT2D eigenvalue weighted by Gasteiger charge is -2.12. The molecule has 7 heteroatoms. The van der Waals surface area contributed by atoms with Crippen molar-refractivity contribution >= 4 is 39.6 Å². The third-order valence-corrected chi connectivity index (χ3v) is 3.88. The maximum Gasteiger partial charge on any atom is 0.331 e. The summed E-state index contributed by atoms with van der Waals surface area (Å²) in [4.78, 5) is 23.7. The molecule has 0 aromatic heterocycles. The summed E-state index contributed by atoms with van der Waals surface area (Å²) in [5.74, 6) is -3.13. The van der Waals surface area contributed by atoms with Gasteiger partial charge in [0.1, 0.15) is 11.6 Å². The predicted octanol–water partition coefficient (Wildman–Crippen LogP) is 4.31. The molecule has 130 valence electrons. The Labute approximate surface area is 151 Å². The lowest BCUT2D eigenvalue weighted by molar-refractivity contribution is -0.148. The van der Waals surface area contributed by atoms with E-state index in [1.807, 2.05) is 18.2 Å². The van der Waals surface area contributed by atoms with Crippen LogP contribution in [0.1, 0.15) is 12.5 Å². The summed E-state index contributed by atoms with van der Waals surface area (Å²) in [7, 11) is 0. The first-order valence-corrected chi connectivity index (χ1v) is 8.05. The van der Waals surface area contributed by atoms with Crippen LogP contribution in [-0.2, 0) is 14.3 Å². The van der Waals surface area contributed by atoms with Gasteiger partial charge in [0.05, 0.1) is 5.69 Å². The second-order valence-electron chi connectivity index (χ2n) is 5.05. The first-order valence-electron chi connectivity index (χ1n) is 7.26. The molecular formula is C18H14BrF2NO3. The van der Waals surface area contributed by atoms with E-state index in [1.165, 1.54) is 19.1 Å². The third kappa shape index (κ3) is 5.49. The number of amides is 1. The minimum atomic E-state index is -1.15. The molecule has 4 nitrogen and oxygen atoms in total. The van der Waals surface area contributed by atoms with Crippen LogP contribution in [-0.4, -0.2) is 18.0 Å². The van der Waals surface area contributed by atoms with Gasteiger partial charge in [-0.15, -0.1) is 0 Å². The average molecular weight is 410 g/mol. The van der Waals surface area contributed by atoms with E-state index in [0.29, 0.717) is 6.07 Å². The van der Waals surface area contributed by atoms with Crippen LogP contribution < -0.4 is 5.32 Å². The Morgan fingerprint density at radius 3 is 2.60 bits per heavy atom. The highest BCUT2D eigenvalue weighted by molar-refractivity contribution is 9.10. The van der Waals surface area contributed by atoms with Gasteiger partial charge in [0, 0.05) is 16.6 Å². The van der Waals surface area contributed by atoms with Gasteiger partial charge < -0.3 is 10.1 Å². The van der Waals surface area contributed by atoms with E-state index in [2.05, 4.69) is 21.2 Å². The molecule has 0 aliphatic heterocycles. The van der Waals surface area contributed by atoms with Crippen LogP contribution >= 0.6 is 15.9 Å². The van der Waals surface area contributed by atoms with Gasteiger partial charge in [-0.3, -0.25) is 4.79 Å². The topological polar surface area (TPSA) is 55.4 Å². The van der Waals surface area contributed by atoms with Crippen molar-refractivity contribution in [2.75, 3.05) is 5.32 Å². The molecule has 2 aromatic rings. The summed E-state index contributed by atoms with van der Waals surface area (Å²) >= 11 is 3.34. The highest BCUT2D eigenvalue weighted by Gasteiger charge is 2.18. The van der Waals surface area contributed by atoms with Crippen molar-refractivity contribution in [2.45, 2.75) is 13.0 Å². The van der Waals surface area contributed by atoms with E-state index in [9.17, 15) is 18.4 Å². The molecule has 0 aliphatic carbocycles. The first kappa shape index (κ1) is 18.8. The van der Waals surface area contributed by atoms with E-state index >= 15 is 0 Å². The molecule has 0 spiro atoms. The second kappa shape index (κ2) is 8.53. The fourth-order valence-electron chi connectivity index (χ4n) is 1.86. The molecule has 1 atom stereocenters. The van der Waals surface area contributed by atoms with Gasteiger partial charge in [-0.1, -0.05) is 34.1 Å². The molecule has 0 aliphatic rings. The Balaban J connectivity index is 1.94. The normalized spacial score (nSPS) is 12.0. The maximum atomic E-state index is 13.5. The zero-order valence-electron chi connectivity index (χ0n) is 13.1. The summed E-state index contributed by atoms with van der Waals surface area (Å²) in [6, 6.07) is 10.00. The van der Waals surface area contributed by atoms with E-state index in [0.717, 1.165) is 22.2 Å². The molecule has 2 rings (SSSR count). The minimum absolute atomic E-state index is 0.196. The molecule has 0 radical (unpaired) electrons. The first-order chi connectivity index (χ1) is 11.9. The number of hydrogen-bond acceptors (Lipinski definition) is 3. The van der Waals surface area contributed by atoms with Crippen LogP contribution in [0.3, 0.4) is 0 Å². The Kier molecular flexibility index (Phi) is 6.41. The number of halogens is 3. The molecule has 0 saturated carbocycles. The summed E-state index contributed by atoms with van der Waals surface area (Å²) in [5.41, 5.74) is 0.572. The number of esters is 1. The highest BCUT2D eigenvalue weighted by atomic mass is 79.9. The molecule has 0 bridgehead atoms. The van der Waals surface area contributed by atoms with Gasteiger partial charge in [-0.05, 0) is 36.8 Å². The van der Waals surface area contributed by atoms with E-state index in [-0.39, 0.29) is 5.69 Å². The monoisotopic (exact) mass is 409 g/mol. The predicted molar refractivity (Wildman–Crippen MR) is 93.7 cm³/mol. The van der Waals surface area contributed by atoms with Crippen LogP contribution in [0.5, 0.6) is 0 Å². The number of nitrogens with one attached hydrogen (secondary N) is 1. The van der Waals surface area contributed by atoms with Gasteiger partial charge in [0.2, 0.25) is 0 Å². The summed E-state index contributed by atoms with van der Waals surface area (Å²) in [6.07, 6.45) is 1.57. The Morgan fingerprint density at radius 1 is 1.20 bits per heavy atom. The van der Waals surface area contributed by atoms with Crippen molar-refractivity contribution < 1.29 is 23.1 Å². The molecule has 2 aromatic carbocycles. The van der Waals surface area contributed by atoms with Crippen molar-refractivity contribution in [1.82, 2.24) is 0 Å². The molecule has 1 N–H and O–H groups in total. The largest absolute Gasteiger partial charge is 0.449 e. The highest BCUT2D eigenvalue weighted by Crippen LogP contribution is 2.17. The summed E-state index contributed by atoms with van der Waals surface area (Å²) in [6.45, 7) is 1.35. The van der Waals surface area contributed by atoms with Crippen molar-refractivity contribution in [1.29, 1.82) is 0 Å². The third-order valence-electron chi connectivity index (χ3n) is 3.16. The standard InChI is InChI=1S/C18H14BrF2NO3/c1-11(18(24)22-16-8-7-13(20)10-15(16)21)25-17(23)9-6-12-4-2-3-5-14(12)19/h2-11H,1H3,(H,22,24)/b9-6+/t11-/m1/s1. The van der Waals surface area contributed by atoms with Crippen molar-refractivity contribution in [3.63, 3.8) is 0 Å². The Morgan fingerprint density at radius 2 is 1.92 bits per heavy atom. The van der Waals surface area contributed by atoms with Crippen LogP contribution in [0.25, 0.3) is 6.08 Å². The lowest BCUT2D eigenvalue weighted by atomic mass is 10.2. The molecule has 0 saturated heterocycles. The van der Waals surface area contributed by atoms with Gasteiger partial charge in [-0.2, -0.15) is 0 Å². The maximum absolute atomic E-state index is 13.5. The molecular weight excluding hydrogens is 396 g/mol. The minimum Gasteiger partial charge on any atom is -0.449 e. The quantitative estimate of drug-likeness (QED) is 0.591. The average Bonchev–Trinajstić information content (AvgIpc) is 2.56. The van der Waals surface area contributed by atoms with Gasteiger partial charge in [0.15, 0.2) is 6.10 Å². The summed E-state index contributed by atoms with van der Waals surface area (Å²) < 4.78 is 32.1. The second-order valence-corrected chi connectivity index (χ2v) is 5.90. The van der Waals surface area contributed by atoms with Crippen LogP contribution in [0.15, 0.2) is 53.0 Å². The lowest BCUT2D eigenvalue weighted by Crippen LogP contribution is -2.29. The van der Waals surface area contributed by atoms with Gasteiger partial charge in [-0.25, -0.2) is 13.6 Å². The zero-order valence-corrected chi connectivity index (χ0v) is 14.7. The Bertz CT molecular complexity index is 824. The van der Waals surface area contributed by atoms with Crippen LogP contribution in [0, 0.1) is 11.6 Å². The Hall–Kier alpha value is -2.54. The van der Waals surface area contributed by atoms with Crippen LogP contribution in [0.2, 0.25) is 0 Å². The van der Waals surface area contributed by atoms with Gasteiger partial charge >= 0.3 is 5.97 Å². The number of anilines is 1. The van der Waals surface area contributed by atoms with E-state index in [4.69, 9.17) is 4.74 Å². The van der Waals surface area contributed by atoms with E-state index in [1.54, 1.807) is 6.07 Å². The number of carbonyl (C=O) groups is 2. The van der Waals surface area contributed by atoms with Gasteiger partial charge in [0.25, 0.3) is 5.91 Å². The summed E-state index contributed by atoms with van der Waals surface area (Å²) in [5, 5.41) is 2.24. The molecule has 0 heterocycles. The SMILES string of the molecule is C[C@@H](OC(=O)/C=C/c1ccccc1Br)C(=O)Nc1ccc(F)cc1F.